The molecule has 1 nitrogen and oxygen atoms in total. The van der Waals surface area contributed by atoms with Crippen molar-refractivity contribution in [3.8, 4) is 0 Å². The van der Waals surface area contributed by atoms with Crippen LogP contribution in [0.4, 0.5) is 5.69 Å². The Bertz CT molecular complexity index is 319. The topological polar surface area (TPSA) is 26.0 Å². The van der Waals surface area contributed by atoms with Crippen LogP contribution in [0.2, 0.25) is 0 Å². The first-order valence-corrected chi connectivity index (χ1v) is 6.41. The maximum absolute atomic E-state index is 6.05. The minimum atomic E-state index is 0.714. The molecule has 0 spiro atoms. The van der Waals surface area contributed by atoms with Crippen molar-refractivity contribution in [2.45, 2.75) is 38.5 Å². The van der Waals surface area contributed by atoms with Crippen molar-refractivity contribution in [3.05, 3.63) is 14.2 Å². The molecular formula is C10H14BrNS. The Balaban J connectivity index is 2.47. The number of thiophene rings is 1. The van der Waals surface area contributed by atoms with Crippen LogP contribution >= 0.6 is 27.3 Å². The van der Waals surface area contributed by atoms with E-state index >= 15 is 0 Å². The van der Waals surface area contributed by atoms with Crippen molar-refractivity contribution >= 4 is 33.0 Å². The molecule has 0 radical (unpaired) electrons. The van der Waals surface area contributed by atoms with Gasteiger partial charge >= 0.3 is 0 Å². The minimum absolute atomic E-state index is 0.714. The van der Waals surface area contributed by atoms with Gasteiger partial charge in [0.15, 0.2) is 0 Å². The summed E-state index contributed by atoms with van der Waals surface area (Å²) in [6.45, 7) is 2.25. The van der Waals surface area contributed by atoms with E-state index in [1.807, 2.05) is 11.3 Å². The van der Waals surface area contributed by atoms with E-state index < -0.39 is 0 Å². The number of aryl methyl sites for hydroxylation is 1. The first-order chi connectivity index (χ1) is 6.24. The second kappa shape index (κ2) is 3.62. The predicted molar refractivity (Wildman–Crippen MR) is 62.4 cm³/mol. The molecule has 0 bridgehead atoms. The Morgan fingerprint density at radius 2 is 2.38 bits per heavy atom. The summed E-state index contributed by atoms with van der Waals surface area (Å²) in [5, 5.41) is 0. The van der Waals surface area contributed by atoms with Crippen LogP contribution < -0.4 is 5.73 Å². The maximum Gasteiger partial charge on any atom is 0.0933 e. The van der Waals surface area contributed by atoms with Crippen LogP contribution in [0, 0.1) is 0 Å². The van der Waals surface area contributed by atoms with Gasteiger partial charge in [0.1, 0.15) is 0 Å². The summed E-state index contributed by atoms with van der Waals surface area (Å²) >= 11 is 5.35. The van der Waals surface area contributed by atoms with Crippen LogP contribution in [0.5, 0.6) is 0 Å². The largest absolute Gasteiger partial charge is 0.397 e. The van der Waals surface area contributed by atoms with E-state index in [1.165, 1.54) is 36.1 Å². The molecule has 2 rings (SSSR count). The highest BCUT2D eigenvalue weighted by molar-refractivity contribution is 9.11. The molecule has 1 aliphatic rings. The zero-order valence-electron chi connectivity index (χ0n) is 7.77. The molecule has 0 saturated carbocycles. The number of fused-ring (bicyclic) bond motifs is 1. The Morgan fingerprint density at radius 1 is 1.62 bits per heavy atom. The van der Waals surface area contributed by atoms with Crippen LogP contribution in [0.1, 0.15) is 42.5 Å². The number of nitrogens with two attached hydrogens (primary N) is 1. The zero-order chi connectivity index (χ0) is 9.42. The van der Waals surface area contributed by atoms with Gasteiger partial charge < -0.3 is 5.73 Å². The molecule has 1 unspecified atom stereocenters. The number of hydrogen-bond acceptors (Lipinski definition) is 2. The standard InChI is InChI=1S/C10H14BrNS/c1-2-6-4-3-5-7-8(6)9(12)10(11)13-7/h6H,2-5,12H2,1H3. The maximum atomic E-state index is 6.05. The van der Waals surface area contributed by atoms with Gasteiger partial charge in [-0.05, 0) is 53.1 Å². The summed E-state index contributed by atoms with van der Waals surface area (Å²) in [5.41, 5.74) is 8.51. The molecule has 0 saturated heterocycles. The third-order valence-corrected chi connectivity index (χ3v) is 4.85. The van der Waals surface area contributed by atoms with Crippen molar-refractivity contribution < 1.29 is 0 Å². The highest BCUT2D eigenvalue weighted by Crippen LogP contribution is 2.45. The van der Waals surface area contributed by atoms with Crippen molar-refractivity contribution in [3.63, 3.8) is 0 Å². The summed E-state index contributed by atoms with van der Waals surface area (Å²) in [7, 11) is 0. The van der Waals surface area contributed by atoms with E-state index in [4.69, 9.17) is 5.73 Å². The van der Waals surface area contributed by atoms with Crippen LogP contribution in [-0.2, 0) is 6.42 Å². The number of rotatable bonds is 1. The molecule has 1 aromatic rings. The molecule has 1 aromatic heterocycles. The predicted octanol–water partition coefficient (Wildman–Crippen LogP) is 3.92. The van der Waals surface area contributed by atoms with Gasteiger partial charge in [-0.3, -0.25) is 0 Å². The lowest BCUT2D eigenvalue weighted by Crippen LogP contribution is -2.08. The van der Waals surface area contributed by atoms with Crippen molar-refractivity contribution in [2.24, 2.45) is 0 Å². The number of nitrogen functional groups attached to an aromatic ring is 1. The van der Waals surface area contributed by atoms with E-state index in [1.54, 1.807) is 0 Å². The summed E-state index contributed by atoms with van der Waals surface area (Å²) in [5.74, 6) is 0.714. The smallest absolute Gasteiger partial charge is 0.0933 e. The molecule has 0 amide bonds. The Hall–Kier alpha value is -0.0200. The molecule has 1 atom stereocenters. The molecule has 3 heteroatoms. The SMILES string of the molecule is CCC1CCCc2sc(Br)c(N)c21. The highest BCUT2D eigenvalue weighted by atomic mass is 79.9. The molecule has 2 N–H and O–H groups in total. The minimum Gasteiger partial charge on any atom is -0.397 e. The molecule has 0 fully saturated rings. The van der Waals surface area contributed by atoms with E-state index in [0.717, 1.165) is 9.47 Å². The monoisotopic (exact) mass is 259 g/mol. The van der Waals surface area contributed by atoms with E-state index in [9.17, 15) is 0 Å². The lowest BCUT2D eigenvalue weighted by molar-refractivity contribution is 0.548. The zero-order valence-corrected chi connectivity index (χ0v) is 10.2. The summed E-state index contributed by atoms with van der Waals surface area (Å²) in [6, 6.07) is 0. The van der Waals surface area contributed by atoms with Crippen molar-refractivity contribution in [2.75, 3.05) is 5.73 Å². The third-order valence-electron chi connectivity index (χ3n) is 2.87. The first kappa shape index (κ1) is 9.53. The molecule has 72 valence electrons. The van der Waals surface area contributed by atoms with E-state index in [0.29, 0.717) is 5.92 Å². The summed E-state index contributed by atoms with van der Waals surface area (Å²) in [4.78, 5) is 1.52. The second-order valence-electron chi connectivity index (χ2n) is 3.62. The molecule has 0 aromatic carbocycles. The van der Waals surface area contributed by atoms with Gasteiger partial charge in [-0.2, -0.15) is 0 Å². The Kier molecular flexibility index (Phi) is 2.65. The first-order valence-electron chi connectivity index (χ1n) is 4.80. The molecular weight excluding hydrogens is 246 g/mol. The van der Waals surface area contributed by atoms with Gasteiger partial charge in [-0.15, -0.1) is 11.3 Å². The molecule has 0 aliphatic heterocycles. The van der Waals surface area contributed by atoms with E-state index in [-0.39, 0.29) is 0 Å². The fourth-order valence-electron chi connectivity index (χ4n) is 2.17. The van der Waals surface area contributed by atoms with Gasteiger partial charge in [0.25, 0.3) is 0 Å². The average molecular weight is 260 g/mol. The van der Waals surface area contributed by atoms with Crippen LogP contribution in [0.3, 0.4) is 0 Å². The normalized spacial score (nSPS) is 21.5. The molecule has 13 heavy (non-hydrogen) atoms. The van der Waals surface area contributed by atoms with Crippen LogP contribution in [0.15, 0.2) is 3.79 Å². The average Bonchev–Trinajstić information content (AvgIpc) is 2.43. The Morgan fingerprint density at radius 3 is 3.08 bits per heavy atom. The second-order valence-corrected chi connectivity index (χ2v) is 6.05. The highest BCUT2D eigenvalue weighted by Gasteiger charge is 2.24. The molecule has 1 heterocycles. The quantitative estimate of drug-likeness (QED) is 0.813. The Labute approximate surface area is 91.5 Å². The lowest BCUT2D eigenvalue weighted by Gasteiger charge is -2.21. The third kappa shape index (κ3) is 1.52. The lowest BCUT2D eigenvalue weighted by atomic mass is 9.85. The van der Waals surface area contributed by atoms with Gasteiger partial charge in [0, 0.05) is 4.88 Å². The molecule has 1 aliphatic carbocycles. The number of anilines is 1. The van der Waals surface area contributed by atoms with Gasteiger partial charge in [-0.1, -0.05) is 6.92 Å². The van der Waals surface area contributed by atoms with Gasteiger partial charge in [0.05, 0.1) is 9.47 Å². The fraction of sp³-hybridized carbons (Fsp3) is 0.600. The van der Waals surface area contributed by atoms with Crippen molar-refractivity contribution in [1.82, 2.24) is 0 Å². The number of halogens is 1. The summed E-state index contributed by atoms with van der Waals surface area (Å²) < 4.78 is 1.14. The van der Waals surface area contributed by atoms with Gasteiger partial charge in [0.2, 0.25) is 0 Å². The van der Waals surface area contributed by atoms with E-state index in [2.05, 4.69) is 22.9 Å². The number of hydrogen-bond donors (Lipinski definition) is 1. The van der Waals surface area contributed by atoms with Crippen LogP contribution in [0.25, 0.3) is 0 Å². The van der Waals surface area contributed by atoms with Crippen LogP contribution in [-0.4, -0.2) is 0 Å². The fourth-order valence-corrected chi connectivity index (χ4v) is 4.04. The summed E-state index contributed by atoms with van der Waals surface area (Å²) in [6.07, 6.45) is 5.10. The van der Waals surface area contributed by atoms with Crippen molar-refractivity contribution in [1.29, 1.82) is 0 Å². The van der Waals surface area contributed by atoms with Gasteiger partial charge in [-0.25, -0.2) is 0 Å².